The summed E-state index contributed by atoms with van der Waals surface area (Å²) in [6, 6.07) is 0. The van der Waals surface area contributed by atoms with E-state index < -0.39 is 0 Å². The highest BCUT2D eigenvalue weighted by Crippen LogP contribution is 2.39. The predicted octanol–water partition coefficient (Wildman–Crippen LogP) is 0.179. The van der Waals surface area contributed by atoms with E-state index in [4.69, 9.17) is 0 Å². The lowest BCUT2D eigenvalue weighted by Crippen LogP contribution is -2.04. The Morgan fingerprint density at radius 1 is 1.70 bits per heavy atom. The number of aromatic amines is 1. The Hall–Kier alpha value is -1.19. The summed E-state index contributed by atoms with van der Waals surface area (Å²) in [6.45, 7) is 0. The average molecular weight is 139 g/mol. The van der Waals surface area contributed by atoms with Crippen molar-refractivity contribution in [1.29, 1.82) is 0 Å². The smallest absolute Gasteiger partial charge is 0.256 e. The maximum atomic E-state index is 10.3. The molecule has 0 atom stereocenters. The van der Waals surface area contributed by atoms with Crippen molar-refractivity contribution in [2.75, 3.05) is 0 Å². The van der Waals surface area contributed by atoms with Gasteiger partial charge in [-0.25, -0.2) is 0 Å². The maximum Gasteiger partial charge on any atom is 0.256 e. The molecular formula is C6H7N2O2+. The van der Waals surface area contributed by atoms with Crippen molar-refractivity contribution in [2.45, 2.75) is 18.8 Å². The van der Waals surface area contributed by atoms with Gasteiger partial charge in [0.1, 0.15) is 0 Å². The molecule has 0 bridgehead atoms. The number of carbonyl (C=O) groups excluding carboxylic acids is 1. The standard InChI is InChI=1S/C6H6N2O2/c9-3-5-6(4-1-2-4)8-10-7-5/h3-4H,1-2H2/p+1. The summed E-state index contributed by atoms with van der Waals surface area (Å²) in [5, 5.41) is 6.11. The Morgan fingerprint density at radius 2 is 2.50 bits per heavy atom. The minimum absolute atomic E-state index is 0.468. The molecule has 0 aliphatic heterocycles. The van der Waals surface area contributed by atoms with Crippen LogP contribution in [0.5, 0.6) is 0 Å². The predicted molar refractivity (Wildman–Crippen MR) is 30.4 cm³/mol. The highest BCUT2D eigenvalue weighted by atomic mass is 16.6. The van der Waals surface area contributed by atoms with Gasteiger partial charge in [-0.3, -0.25) is 4.79 Å². The van der Waals surface area contributed by atoms with Crippen molar-refractivity contribution in [2.24, 2.45) is 0 Å². The molecule has 0 saturated heterocycles. The molecule has 1 aromatic heterocycles. The van der Waals surface area contributed by atoms with E-state index in [9.17, 15) is 4.79 Å². The summed E-state index contributed by atoms with van der Waals surface area (Å²) in [5.41, 5.74) is 1.28. The molecule has 0 aromatic carbocycles. The van der Waals surface area contributed by atoms with E-state index in [1.54, 1.807) is 0 Å². The van der Waals surface area contributed by atoms with Crippen molar-refractivity contribution < 1.29 is 14.6 Å². The number of hydrogen-bond acceptors (Lipinski definition) is 3. The molecule has 0 radical (unpaired) electrons. The van der Waals surface area contributed by atoms with Crippen LogP contribution < -0.4 is 5.16 Å². The first-order chi connectivity index (χ1) is 4.92. The van der Waals surface area contributed by atoms with Crippen LogP contribution in [0, 0.1) is 0 Å². The second-order valence-electron chi connectivity index (χ2n) is 2.48. The lowest BCUT2D eigenvalue weighted by molar-refractivity contribution is -0.624. The third-order valence-electron chi connectivity index (χ3n) is 1.66. The zero-order valence-corrected chi connectivity index (χ0v) is 5.33. The molecule has 4 nitrogen and oxygen atoms in total. The number of nitrogens with one attached hydrogen (secondary N) is 1. The topological polar surface area (TPSA) is 57.2 Å². The van der Waals surface area contributed by atoms with E-state index in [1.807, 2.05) is 0 Å². The molecule has 4 heteroatoms. The van der Waals surface area contributed by atoms with Gasteiger partial charge in [0.2, 0.25) is 0 Å². The van der Waals surface area contributed by atoms with Gasteiger partial charge in [0.25, 0.3) is 11.4 Å². The number of aldehydes is 1. The first kappa shape index (κ1) is 5.58. The fourth-order valence-electron chi connectivity index (χ4n) is 0.958. The molecular weight excluding hydrogens is 132 g/mol. The molecule has 0 unspecified atom stereocenters. The van der Waals surface area contributed by atoms with Gasteiger partial charge < -0.3 is 0 Å². The normalized spacial score (nSPS) is 17.2. The second-order valence-corrected chi connectivity index (χ2v) is 2.48. The van der Waals surface area contributed by atoms with Crippen LogP contribution >= 0.6 is 0 Å². The van der Waals surface area contributed by atoms with Crippen LogP contribution in [0.4, 0.5) is 0 Å². The highest BCUT2D eigenvalue weighted by Gasteiger charge is 2.35. The lowest BCUT2D eigenvalue weighted by Gasteiger charge is -1.74. The molecule has 2 rings (SSSR count). The first-order valence-electron chi connectivity index (χ1n) is 3.24. The number of carbonyl (C=O) groups is 1. The van der Waals surface area contributed by atoms with E-state index in [2.05, 4.69) is 14.9 Å². The summed E-state index contributed by atoms with van der Waals surface area (Å²) in [6.07, 6.45) is 2.99. The van der Waals surface area contributed by atoms with Gasteiger partial charge in [-0.2, -0.15) is 0 Å². The van der Waals surface area contributed by atoms with Crippen LogP contribution in [0.1, 0.15) is 34.9 Å². The fourth-order valence-corrected chi connectivity index (χ4v) is 0.958. The average Bonchev–Trinajstić information content (AvgIpc) is 2.69. The van der Waals surface area contributed by atoms with Crippen LogP contribution in [0.3, 0.4) is 0 Å². The maximum absolute atomic E-state index is 10.3. The fraction of sp³-hybridized carbons (Fsp3) is 0.500. The molecule has 1 fully saturated rings. The zero-order chi connectivity index (χ0) is 6.97. The summed E-state index contributed by atoms with van der Waals surface area (Å²) in [4.78, 5) is 10.3. The Labute approximate surface area is 57.2 Å². The van der Waals surface area contributed by atoms with Crippen molar-refractivity contribution in [3.8, 4) is 0 Å². The molecule has 1 aromatic rings. The van der Waals surface area contributed by atoms with E-state index in [0.29, 0.717) is 11.6 Å². The van der Waals surface area contributed by atoms with Gasteiger partial charge in [0.05, 0.1) is 0 Å². The largest absolute Gasteiger partial charge is 0.294 e. The lowest BCUT2D eigenvalue weighted by atomic mass is 10.2. The van der Waals surface area contributed by atoms with Crippen molar-refractivity contribution in [1.82, 2.24) is 5.16 Å². The van der Waals surface area contributed by atoms with Crippen molar-refractivity contribution >= 4 is 6.29 Å². The third-order valence-corrected chi connectivity index (χ3v) is 1.66. The Kier molecular flexibility index (Phi) is 1.06. The number of rotatable bonds is 2. The molecule has 10 heavy (non-hydrogen) atoms. The molecule has 52 valence electrons. The molecule has 1 N–H and O–H groups in total. The van der Waals surface area contributed by atoms with Crippen LogP contribution in [0.15, 0.2) is 4.63 Å². The Bertz CT molecular complexity index is 252. The second kappa shape index (κ2) is 1.90. The molecule has 1 aliphatic rings. The van der Waals surface area contributed by atoms with Crippen LogP contribution in [-0.2, 0) is 0 Å². The quantitative estimate of drug-likeness (QED) is 0.549. The number of H-pyrrole nitrogens is 1. The third kappa shape index (κ3) is 0.725. The molecule has 1 heterocycles. The molecule has 0 spiro atoms. The minimum atomic E-state index is 0.468. The summed E-state index contributed by atoms with van der Waals surface area (Å²) >= 11 is 0. The minimum Gasteiger partial charge on any atom is -0.294 e. The Morgan fingerprint density at radius 3 is 3.10 bits per heavy atom. The van der Waals surface area contributed by atoms with Gasteiger partial charge in [0.15, 0.2) is 11.4 Å². The van der Waals surface area contributed by atoms with Crippen LogP contribution in [0.25, 0.3) is 0 Å². The molecule has 1 saturated carbocycles. The first-order valence-corrected chi connectivity index (χ1v) is 3.24. The summed E-state index contributed by atoms with van der Waals surface area (Å²) in [7, 11) is 0. The number of nitrogens with zero attached hydrogens (tertiary/aromatic N) is 1. The van der Waals surface area contributed by atoms with Gasteiger partial charge in [0, 0.05) is 5.92 Å². The Balaban J connectivity index is 2.37. The van der Waals surface area contributed by atoms with Gasteiger partial charge in [-0.1, -0.05) is 9.79 Å². The van der Waals surface area contributed by atoms with Crippen LogP contribution in [-0.4, -0.2) is 11.4 Å². The number of hydrogen-bond donors (Lipinski definition) is 0. The molecule has 0 amide bonds. The van der Waals surface area contributed by atoms with Gasteiger partial charge in [-0.15, -0.1) is 0 Å². The van der Waals surface area contributed by atoms with E-state index in [0.717, 1.165) is 24.8 Å². The SMILES string of the molecule is O=Cc1[nH+]onc1C1CC1. The van der Waals surface area contributed by atoms with E-state index >= 15 is 0 Å². The monoisotopic (exact) mass is 139 g/mol. The van der Waals surface area contributed by atoms with E-state index in [-0.39, 0.29) is 0 Å². The summed E-state index contributed by atoms with van der Waals surface area (Å²) < 4.78 is 4.53. The highest BCUT2D eigenvalue weighted by molar-refractivity contribution is 5.71. The zero-order valence-electron chi connectivity index (χ0n) is 5.33. The van der Waals surface area contributed by atoms with Crippen molar-refractivity contribution in [3.63, 3.8) is 0 Å². The van der Waals surface area contributed by atoms with E-state index in [1.165, 1.54) is 0 Å². The van der Waals surface area contributed by atoms with Gasteiger partial charge in [-0.05, 0) is 12.8 Å². The van der Waals surface area contributed by atoms with Gasteiger partial charge >= 0.3 is 0 Å². The number of aromatic nitrogens is 2. The molecule has 1 aliphatic carbocycles. The van der Waals surface area contributed by atoms with Crippen LogP contribution in [0.2, 0.25) is 0 Å². The summed E-state index contributed by atoms with van der Waals surface area (Å²) in [5.74, 6) is 0.468. The van der Waals surface area contributed by atoms with Crippen molar-refractivity contribution in [3.05, 3.63) is 11.4 Å².